The fourth-order valence-electron chi connectivity index (χ4n) is 2.59. The largest absolute Gasteiger partial charge is 0.476 e. The molecule has 2 fully saturated rings. The van der Waals surface area contributed by atoms with Crippen LogP contribution in [0.3, 0.4) is 0 Å². The van der Waals surface area contributed by atoms with Crippen molar-refractivity contribution in [2.24, 2.45) is 0 Å². The molecule has 1 heterocycles. The Hall–Kier alpha value is -1.92. The van der Waals surface area contributed by atoms with Gasteiger partial charge in [0.1, 0.15) is 6.54 Å². The van der Waals surface area contributed by atoms with Crippen LogP contribution in [0.2, 0.25) is 0 Å². The summed E-state index contributed by atoms with van der Waals surface area (Å²) in [6.45, 7) is 2.74. The summed E-state index contributed by atoms with van der Waals surface area (Å²) in [5.74, 6) is -0.876. The van der Waals surface area contributed by atoms with E-state index in [2.05, 4.69) is 10.3 Å². The summed E-state index contributed by atoms with van der Waals surface area (Å²) in [6.07, 6.45) is 4.02. The van der Waals surface area contributed by atoms with Crippen molar-refractivity contribution in [2.75, 3.05) is 6.54 Å². The van der Waals surface area contributed by atoms with Gasteiger partial charge in [0.2, 0.25) is 5.91 Å². The number of nitrogens with zero attached hydrogens (tertiary/aromatic N) is 4. The molecule has 2 saturated carbocycles. The van der Waals surface area contributed by atoms with Crippen LogP contribution < -0.4 is 0 Å². The Labute approximate surface area is 116 Å². The van der Waals surface area contributed by atoms with Crippen LogP contribution in [-0.4, -0.2) is 49.5 Å². The van der Waals surface area contributed by atoms with Crippen LogP contribution in [0, 0.1) is 0 Å². The van der Waals surface area contributed by atoms with Gasteiger partial charge in [-0.1, -0.05) is 5.21 Å². The molecule has 7 heteroatoms. The molecule has 1 N–H and O–H groups in total. The minimum Gasteiger partial charge on any atom is -0.476 e. The predicted molar refractivity (Wildman–Crippen MR) is 69.4 cm³/mol. The number of carboxylic acid groups (broad SMARTS) is 1. The molecule has 0 atom stereocenters. The highest BCUT2D eigenvalue weighted by molar-refractivity contribution is 5.87. The Bertz CT molecular complexity index is 546. The van der Waals surface area contributed by atoms with Gasteiger partial charge in [-0.2, -0.15) is 0 Å². The fraction of sp³-hybridized carbons (Fsp3) is 0.692. The quantitative estimate of drug-likeness (QED) is 0.834. The highest BCUT2D eigenvalue weighted by Crippen LogP contribution is 2.41. The number of hydrogen-bond donors (Lipinski definition) is 1. The van der Waals surface area contributed by atoms with Gasteiger partial charge >= 0.3 is 5.97 Å². The van der Waals surface area contributed by atoms with Gasteiger partial charge < -0.3 is 10.0 Å². The van der Waals surface area contributed by atoms with Crippen LogP contribution in [0.1, 0.15) is 54.7 Å². The van der Waals surface area contributed by atoms with Gasteiger partial charge in [0.05, 0.1) is 5.69 Å². The van der Waals surface area contributed by atoms with Crippen molar-refractivity contribution in [3.05, 3.63) is 11.4 Å². The maximum atomic E-state index is 12.3. The Morgan fingerprint density at radius 1 is 1.35 bits per heavy atom. The molecule has 0 radical (unpaired) electrons. The summed E-state index contributed by atoms with van der Waals surface area (Å²) in [6, 6.07) is 0.361. The van der Waals surface area contributed by atoms with E-state index < -0.39 is 5.97 Å². The van der Waals surface area contributed by atoms with E-state index in [1.54, 1.807) is 0 Å². The number of hydrogen-bond acceptors (Lipinski definition) is 4. The number of carbonyl (C=O) groups excluding carboxylic acids is 1. The second-order valence-electron chi connectivity index (χ2n) is 5.47. The van der Waals surface area contributed by atoms with Crippen LogP contribution in [0.5, 0.6) is 0 Å². The third kappa shape index (κ3) is 2.39. The smallest absolute Gasteiger partial charge is 0.358 e. The van der Waals surface area contributed by atoms with Gasteiger partial charge in [0.25, 0.3) is 0 Å². The molecule has 1 aromatic rings. The van der Waals surface area contributed by atoms with E-state index in [0.29, 0.717) is 18.3 Å². The number of rotatable bonds is 6. The lowest BCUT2D eigenvalue weighted by Gasteiger charge is -2.20. The Morgan fingerprint density at radius 2 is 2.05 bits per heavy atom. The summed E-state index contributed by atoms with van der Waals surface area (Å²) in [5.41, 5.74) is 0.604. The number of likely N-dealkylation sites (N-methyl/N-ethyl adjacent to an activating group) is 1. The van der Waals surface area contributed by atoms with Crippen molar-refractivity contribution in [2.45, 2.75) is 51.1 Å². The zero-order valence-corrected chi connectivity index (χ0v) is 11.4. The van der Waals surface area contributed by atoms with Crippen molar-refractivity contribution in [3.8, 4) is 0 Å². The monoisotopic (exact) mass is 278 g/mol. The van der Waals surface area contributed by atoms with E-state index in [9.17, 15) is 9.59 Å². The molecule has 0 aliphatic heterocycles. The summed E-state index contributed by atoms with van der Waals surface area (Å²) in [4.78, 5) is 25.3. The van der Waals surface area contributed by atoms with Gasteiger partial charge in [-0.25, -0.2) is 9.48 Å². The first-order valence-corrected chi connectivity index (χ1v) is 7.08. The Morgan fingerprint density at radius 3 is 2.55 bits per heavy atom. The molecular weight excluding hydrogens is 260 g/mol. The lowest BCUT2D eigenvalue weighted by atomic mass is 10.2. The molecular formula is C13H18N4O3. The standard InChI is InChI=1S/C13H18N4O3/c1-2-16(9-5-6-9)10(18)7-17-12(8-3-4-8)11(13(19)20)14-15-17/h8-9H,2-7H2,1H3,(H,19,20). The Kier molecular flexibility index (Phi) is 3.19. The molecule has 0 aromatic carbocycles. The van der Waals surface area contributed by atoms with Gasteiger partial charge in [0.15, 0.2) is 5.69 Å². The molecule has 1 aromatic heterocycles. The van der Waals surface area contributed by atoms with E-state index in [-0.39, 0.29) is 24.1 Å². The molecule has 0 spiro atoms. The molecule has 2 aliphatic rings. The summed E-state index contributed by atoms with van der Waals surface area (Å²) in [5, 5.41) is 16.7. The minimum atomic E-state index is -1.07. The second kappa shape index (κ2) is 4.88. The number of aromatic carboxylic acids is 1. The third-order valence-electron chi connectivity index (χ3n) is 3.87. The van der Waals surface area contributed by atoms with E-state index >= 15 is 0 Å². The molecule has 0 saturated heterocycles. The number of carbonyl (C=O) groups is 2. The lowest BCUT2D eigenvalue weighted by Crippen LogP contribution is -2.36. The first-order chi connectivity index (χ1) is 9.61. The fourth-order valence-corrected chi connectivity index (χ4v) is 2.59. The van der Waals surface area contributed by atoms with E-state index in [4.69, 9.17) is 5.11 Å². The molecule has 7 nitrogen and oxygen atoms in total. The molecule has 0 unspecified atom stereocenters. The van der Waals surface area contributed by atoms with Crippen molar-refractivity contribution in [3.63, 3.8) is 0 Å². The molecule has 20 heavy (non-hydrogen) atoms. The Balaban J connectivity index is 1.80. The van der Waals surface area contributed by atoms with E-state index in [0.717, 1.165) is 25.7 Å². The third-order valence-corrected chi connectivity index (χ3v) is 3.87. The maximum Gasteiger partial charge on any atom is 0.358 e. The highest BCUT2D eigenvalue weighted by Gasteiger charge is 2.36. The van der Waals surface area contributed by atoms with Crippen LogP contribution in [0.4, 0.5) is 0 Å². The topological polar surface area (TPSA) is 88.3 Å². The molecule has 2 aliphatic carbocycles. The summed E-state index contributed by atoms with van der Waals surface area (Å²) < 4.78 is 1.48. The maximum absolute atomic E-state index is 12.3. The van der Waals surface area contributed by atoms with Crippen molar-refractivity contribution in [1.29, 1.82) is 0 Å². The van der Waals surface area contributed by atoms with Crippen molar-refractivity contribution >= 4 is 11.9 Å². The number of aromatic nitrogens is 3. The van der Waals surface area contributed by atoms with Crippen molar-refractivity contribution in [1.82, 2.24) is 19.9 Å². The first-order valence-electron chi connectivity index (χ1n) is 7.08. The molecule has 1 amide bonds. The summed E-state index contributed by atoms with van der Waals surface area (Å²) >= 11 is 0. The average molecular weight is 278 g/mol. The summed E-state index contributed by atoms with van der Waals surface area (Å²) in [7, 11) is 0. The first kappa shape index (κ1) is 13.1. The van der Waals surface area contributed by atoms with Gasteiger partial charge in [0, 0.05) is 18.5 Å². The van der Waals surface area contributed by atoms with Crippen LogP contribution >= 0.6 is 0 Å². The van der Waals surface area contributed by atoms with Gasteiger partial charge in [-0.05, 0) is 32.6 Å². The molecule has 0 bridgehead atoms. The zero-order valence-electron chi connectivity index (χ0n) is 11.4. The number of amides is 1. The zero-order chi connectivity index (χ0) is 14.3. The van der Waals surface area contributed by atoms with Crippen LogP contribution in [0.15, 0.2) is 0 Å². The second-order valence-corrected chi connectivity index (χ2v) is 5.47. The van der Waals surface area contributed by atoms with E-state index in [1.165, 1.54) is 4.68 Å². The SMILES string of the molecule is CCN(C(=O)Cn1nnc(C(=O)O)c1C1CC1)C1CC1. The van der Waals surface area contributed by atoms with E-state index in [1.807, 2.05) is 11.8 Å². The molecule has 3 rings (SSSR count). The van der Waals surface area contributed by atoms with Crippen LogP contribution in [-0.2, 0) is 11.3 Å². The molecule has 108 valence electrons. The predicted octanol–water partition coefficient (Wildman–Crippen LogP) is 0.865. The minimum absolute atomic E-state index is 0.00117. The van der Waals surface area contributed by atoms with Crippen LogP contribution in [0.25, 0.3) is 0 Å². The van der Waals surface area contributed by atoms with Gasteiger partial charge in [-0.15, -0.1) is 5.10 Å². The van der Waals surface area contributed by atoms with Crippen molar-refractivity contribution < 1.29 is 14.7 Å². The lowest BCUT2D eigenvalue weighted by molar-refractivity contribution is -0.132. The number of carboxylic acids is 1. The average Bonchev–Trinajstić information content (AvgIpc) is 3.30. The highest BCUT2D eigenvalue weighted by atomic mass is 16.4. The van der Waals surface area contributed by atoms with Gasteiger partial charge in [-0.3, -0.25) is 4.79 Å². The normalized spacial score (nSPS) is 18.1.